The monoisotopic (exact) mass is 409 g/mol. The number of halogens is 1. The van der Waals surface area contributed by atoms with Gasteiger partial charge in [0.15, 0.2) is 0 Å². The first-order valence-electron chi connectivity index (χ1n) is 8.95. The van der Waals surface area contributed by atoms with E-state index in [1.54, 1.807) is 19.9 Å². The number of phenolic OH excluding ortho intramolecular Hbond substituents is 1. The normalized spacial score (nSPS) is 11.0. The van der Waals surface area contributed by atoms with Gasteiger partial charge in [0.05, 0.1) is 5.69 Å². The van der Waals surface area contributed by atoms with Crippen molar-refractivity contribution in [1.82, 2.24) is 14.8 Å². The summed E-state index contributed by atoms with van der Waals surface area (Å²) in [7, 11) is 0. The number of aromatic nitrogens is 3. The highest BCUT2D eigenvalue weighted by Gasteiger charge is 2.18. The van der Waals surface area contributed by atoms with Crippen molar-refractivity contribution in [3.63, 3.8) is 0 Å². The van der Waals surface area contributed by atoms with E-state index in [4.69, 9.17) is 9.15 Å². The second-order valence-electron chi connectivity index (χ2n) is 6.62. The van der Waals surface area contributed by atoms with Crippen molar-refractivity contribution in [3.05, 3.63) is 81.5 Å². The molecule has 0 aliphatic heterocycles. The first kappa shape index (κ1) is 19.3. The molecule has 0 spiro atoms. The molecule has 152 valence electrons. The Morgan fingerprint density at radius 2 is 1.93 bits per heavy atom. The lowest BCUT2D eigenvalue weighted by Crippen LogP contribution is -2.10. The smallest absolute Gasteiger partial charge is 0.378 e. The summed E-state index contributed by atoms with van der Waals surface area (Å²) in [5, 5.41) is 14.5. The molecule has 0 saturated carbocycles. The largest absolute Gasteiger partial charge is 0.508 e. The van der Waals surface area contributed by atoms with Gasteiger partial charge in [-0.05, 0) is 50.2 Å². The number of rotatable bonds is 4. The minimum Gasteiger partial charge on any atom is -0.508 e. The van der Waals surface area contributed by atoms with Gasteiger partial charge in [0.25, 0.3) is 5.82 Å². The van der Waals surface area contributed by atoms with E-state index < -0.39 is 11.6 Å². The Hall–Kier alpha value is -4.01. The van der Waals surface area contributed by atoms with Crippen LogP contribution in [0.25, 0.3) is 16.7 Å². The zero-order valence-corrected chi connectivity index (χ0v) is 16.0. The average Bonchev–Trinajstić information content (AvgIpc) is 3.11. The summed E-state index contributed by atoms with van der Waals surface area (Å²) < 4.78 is 25.0. The molecule has 4 aromatic rings. The van der Waals surface area contributed by atoms with Crippen LogP contribution < -0.4 is 5.63 Å². The summed E-state index contributed by atoms with van der Waals surface area (Å²) in [6.07, 6.45) is 0. The van der Waals surface area contributed by atoms with Gasteiger partial charge in [-0.25, -0.2) is 23.6 Å². The summed E-state index contributed by atoms with van der Waals surface area (Å²) >= 11 is 0. The van der Waals surface area contributed by atoms with E-state index in [-0.39, 0.29) is 29.6 Å². The first-order valence-corrected chi connectivity index (χ1v) is 8.95. The lowest BCUT2D eigenvalue weighted by molar-refractivity contribution is 0.0459. The molecule has 0 bridgehead atoms. The molecule has 9 heteroatoms. The molecule has 0 unspecified atom stereocenters. The molecular weight excluding hydrogens is 393 g/mol. The standard InChI is InChI=1S/C21H16FN3O5/c1-11-17(26)8-7-16-13(9-18(27)30-19(11)16)10-29-21(28)20-23-12(2)25(24-20)15-5-3-14(22)4-6-15/h3-9,26H,10H2,1-2H3. The SMILES string of the molecule is Cc1c(O)ccc2c(COC(=O)c3nc(C)n(-c4ccc(F)cc4)n3)cc(=O)oc12. The molecule has 4 rings (SSSR count). The molecule has 0 atom stereocenters. The summed E-state index contributed by atoms with van der Waals surface area (Å²) in [6.45, 7) is 3.05. The van der Waals surface area contributed by atoms with Gasteiger partial charge in [-0.2, -0.15) is 0 Å². The fourth-order valence-electron chi connectivity index (χ4n) is 3.05. The van der Waals surface area contributed by atoms with Gasteiger partial charge >= 0.3 is 11.6 Å². The highest BCUT2D eigenvalue weighted by Crippen LogP contribution is 2.27. The Kier molecular flexibility index (Phi) is 4.78. The van der Waals surface area contributed by atoms with Gasteiger partial charge in [0, 0.05) is 22.6 Å². The maximum Gasteiger partial charge on any atom is 0.378 e. The van der Waals surface area contributed by atoms with Crippen molar-refractivity contribution in [3.8, 4) is 11.4 Å². The second kappa shape index (κ2) is 7.43. The highest BCUT2D eigenvalue weighted by atomic mass is 19.1. The molecular formula is C21H16FN3O5. The zero-order chi connectivity index (χ0) is 21.4. The van der Waals surface area contributed by atoms with Crippen molar-refractivity contribution in [2.45, 2.75) is 20.5 Å². The number of aryl methyl sites for hydroxylation is 2. The van der Waals surface area contributed by atoms with Crippen LogP contribution in [0.1, 0.15) is 27.6 Å². The number of aromatic hydroxyl groups is 1. The van der Waals surface area contributed by atoms with Crippen LogP contribution in [-0.4, -0.2) is 25.8 Å². The lowest BCUT2D eigenvalue weighted by atomic mass is 10.1. The minimum absolute atomic E-state index is 0.00852. The maximum atomic E-state index is 13.1. The van der Waals surface area contributed by atoms with Crippen molar-refractivity contribution in [2.24, 2.45) is 0 Å². The number of carbonyl (C=O) groups is 1. The van der Waals surface area contributed by atoms with E-state index in [9.17, 15) is 19.1 Å². The molecule has 0 radical (unpaired) electrons. The first-order chi connectivity index (χ1) is 14.3. The molecule has 0 fully saturated rings. The Balaban J connectivity index is 1.59. The third-order valence-corrected chi connectivity index (χ3v) is 4.60. The van der Waals surface area contributed by atoms with Crippen molar-refractivity contribution in [1.29, 1.82) is 0 Å². The van der Waals surface area contributed by atoms with Crippen molar-refractivity contribution >= 4 is 16.9 Å². The van der Waals surface area contributed by atoms with Crippen LogP contribution in [0.3, 0.4) is 0 Å². The predicted molar refractivity (Wildman–Crippen MR) is 104 cm³/mol. The molecule has 2 heterocycles. The average molecular weight is 409 g/mol. The van der Waals surface area contributed by atoms with Crippen LogP contribution in [0, 0.1) is 19.7 Å². The Morgan fingerprint density at radius 1 is 1.20 bits per heavy atom. The summed E-state index contributed by atoms with van der Waals surface area (Å²) in [5.41, 5.74) is 0.975. The molecule has 1 N–H and O–H groups in total. The summed E-state index contributed by atoms with van der Waals surface area (Å²) in [5.74, 6) is -0.927. The number of carbonyl (C=O) groups excluding carboxylic acids is 1. The highest BCUT2D eigenvalue weighted by molar-refractivity contribution is 5.87. The summed E-state index contributed by atoms with van der Waals surface area (Å²) in [6, 6.07) is 9.86. The van der Waals surface area contributed by atoms with E-state index in [1.165, 1.54) is 41.1 Å². The number of fused-ring (bicyclic) bond motifs is 1. The van der Waals surface area contributed by atoms with Gasteiger partial charge < -0.3 is 14.3 Å². The molecule has 0 amide bonds. The fraction of sp³-hybridized carbons (Fsp3) is 0.143. The Morgan fingerprint density at radius 3 is 2.67 bits per heavy atom. The van der Waals surface area contributed by atoms with Crippen molar-refractivity contribution < 1.29 is 23.4 Å². The van der Waals surface area contributed by atoms with Gasteiger partial charge in [-0.1, -0.05) is 0 Å². The van der Waals surface area contributed by atoms with Crippen LogP contribution in [0.2, 0.25) is 0 Å². The van der Waals surface area contributed by atoms with Crippen LogP contribution in [0.15, 0.2) is 51.7 Å². The molecule has 0 aliphatic carbocycles. The van der Waals surface area contributed by atoms with Gasteiger partial charge in [0.1, 0.15) is 29.6 Å². The third kappa shape index (κ3) is 3.52. The van der Waals surface area contributed by atoms with Crippen LogP contribution in [-0.2, 0) is 11.3 Å². The Bertz CT molecular complexity index is 1330. The predicted octanol–water partition coefficient (Wildman–Crippen LogP) is 3.19. The second-order valence-corrected chi connectivity index (χ2v) is 6.62. The van der Waals surface area contributed by atoms with E-state index in [2.05, 4.69) is 10.1 Å². The van der Waals surface area contributed by atoms with E-state index in [0.29, 0.717) is 28.0 Å². The third-order valence-electron chi connectivity index (χ3n) is 4.60. The number of nitrogens with zero attached hydrogens (tertiary/aromatic N) is 3. The quantitative estimate of drug-likeness (QED) is 0.407. The topological polar surface area (TPSA) is 107 Å². The number of benzene rings is 2. The van der Waals surface area contributed by atoms with Crippen LogP contribution >= 0.6 is 0 Å². The van der Waals surface area contributed by atoms with Crippen LogP contribution in [0.5, 0.6) is 5.75 Å². The number of hydrogen-bond acceptors (Lipinski definition) is 7. The van der Waals surface area contributed by atoms with Gasteiger partial charge in [-0.15, -0.1) is 5.10 Å². The number of phenols is 1. The molecule has 2 aromatic carbocycles. The Labute approximate surface area is 169 Å². The lowest BCUT2D eigenvalue weighted by Gasteiger charge is -2.08. The van der Waals surface area contributed by atoms with E-state index in [1.807, 2.05) is 0 Å². The molecule has 0 aliphatic rings. The van der Waals surface area contributed by atoms with Gasteiger partial charge in [0.2, 0.25) is 0 Å². The molecule has 8 nitrogen and oxygen atoms in total. The number of ether oxygens (including phenoxy) is 1. The molecule has 30 heavy (non-hydrogen) atoms. The molecule has 2 aromatic heterocycles. The fourth-order valence-corrected chi connectivity index (χ4v) is 3.05. The maximum absolute atomic E-state index is 13.1. The molecule has 0 saturated heterocycles. The number of esters is 1. The van der Waals surface area contributed by atoms with Crippen molar-refractivity contribution in [2.75, 3.05) is 0 Å². The van der Waals surface area contributed by atoms with Crippen LogP contribution in [0.4, 0.5) is 4.39 Å². The number of hydrogen-bond donors (Lipinski definition) is 1. The minimum atomic E-state index is -0.782. The summed E-state index contributed by atoms with van der Waals surface area (Å²) in [4.78, 5) is 28.4. The van der Waals surface area contributed by atoms with Gasteiger partial charge in [-0.3, -0.25) is 0 Å². The van der Waals surface area contributed by atoms with E-state index >= 15 is 0 Å². The zero-order valence-electron chi connectivity index (χ0n) is 16.0. The van der Waals surface area contributed by atoms with E-state index in [0.717, 1.165) is 0 Å².